The molecular formula is C24H29F2N5O2S. The molecule has 3 aromatic rings. The summed E-state index contributed by atoms with van der Waals surface area (Å²) in [5.41, 5.74) is 2.42. The Balaban J connectivity index is 1.05. The largest absolute Gasteiger partial charge is 0.464 e. The number of thiazole rings is 1. The minimum absolute atomic E-state index is 0.0473. The first-order chi connectivity index (χ1) is 16.5. The number of nitrogens with one attached hydrogen (secondary N) is 1. The van der Waals surface area contributed by atoms with Gasteiger partial charge in [0, 0.05) is 30.2 Å². The van der Waals surface area contributed by atoms with Gasteiger partial charge in [-0.2, -0.15) is 5.10 Å². The van der Waals surface area contributed by atoms with Crippen molar-refractivity contribution in [2.24, 2.45) is 5.92 Å². The zero-order valence-electron chi connectivity index (χ0n) is 19.0. The lowest BCUT2D eigenvalue weighted by molar-refractivity contribution is 0.0815. The summed E-state index contributed by atoms with van der Waals surface area (Å²) in [6, 6.07) is 5.93. The number of nitrogens with zero attached hydrogens (tertiary/aromatic N) is 4. The van der Waals surface area contributed by atoms with Crippen LogP contribution in [0.3, 0.4) is 0 Å². The van der Waals surface area contributed by atoms with Crippen molar-refractivity contribution in [3.63, 3.8) is 0 Å². The second-order valence-corrected chi connectivity index (χ2v) is 10.2. The average Bonchev–Trinajstić information content (AvgIpc) is 3.46. The van der Waals surface area contributed by atoms with E-state index in [9.17, 15) is 13.6 Å². The number of ether oxygens (including phenoxy) is 1. The molecule has 0 atom stereocenters. The molecule has 5 rings (SSSR count). The van der Waals surface area contributed by atoms with Gasteiger partial charge in [-0.05, 0) is 63.1 Å². The molecule has 0 aromatic carbocycles. The van der Waals surface area contributed by atoms with Crippen LogP contribution in [0.25, 0.3) is 5.52 Å². The molecule has 10 heteroatoms. The van der Waals surface area contributed by atoms with Gasteiger partial charge in [0.05, 0.1) is 23.0 Å². The van der Waals surface area contributed by atoms with Gasteiger partial charge in [-0.3, -0.25) is 9.69 Å². The standard InChI is InChI=1S/C24H29F2N5O2S/c25-22(26)15-33-24-29-19-14-30(12-9-21(19)34-24)11-8-16-4-6-17(7-5-16)28-23(32)18-13-27-31-10-2-1-3-20(18)31/h1-3,10,13,16-17,22H,4-9,11-12,14-15H2,(H,28,32)/t16-,17-. The Hall–Kier alpha value is -2.59. The van der Waals surface area contributed by atoms with Crippen molar-refractivity contribution in [3.8, 4) is 5.19 Å². The number of carbonyl (C=O) groups excluding carboxylic acids is 1. The minimum Gasteiger partial charge on any atom is -0.464 e. The van der Waals surface area contributed by atoms with Crippen LogP contribution in [0.4, 0.5) is 8.78 Å². The molecule has 0 saturated heterocycles. The Kier molecular flexibility index (Phi) is 7.05. The van der Waals surface area contributed by atoms with Crippen molar-refractivity contribution < 1.29 is 18.3 Å². The second-order valence-electron chi connectivity index (χ2n) is 9.15. The normalized spacial score (nSPS) is 21.0. The molecule has 1 N–H and O–H groups in total. The number of rotatable bonds is 8. The van der Waals surface area contributed by atoms with Gasteiger partial charge < -0.3 is 10.1 Å². The van der Waals surface area contributed by atoms with E-state index in [1.54, 1.807) is 10.7 Å². The van der Waals surface area contributed by atoms with E-state index in [1.807, 2.05) is 24.4 Å². The first-order valence-electron chi connectivity index (χ1n) is 11.9. The second kappa shape index (κ2) is 10.4. The summed E-state index contributed by atoms with van der Waals surface area (Å²) in [7, 11) is 0. The third kappa shape index (κ3) is 5.38. The van der Waals surface area contributed by atoms with Crippen molar-refractivity contribution in [3.05, 3.63) is 46.7 Å². The first-order valence-corrected chi connectivity index (χ1v) is 12.7. The van der Waals surface area contributed by atoms with E-state index in [4.69, 9.17) is 4.74 Å². The lowest BCUT2D eigenvalue weighted by Crippen LogP contribution is -2.38. The summed E-state index contributed by atoms with van der Waals surface area (Å²) in [6.07, 6.45) is 7.24. The molecule has 1 amide bonds. The number of aromatic nitrogens is 3. The third-order valence-electron chi connectivity index (χ3n) is 6.83. The van der Waals surface area contributed by atoms with Gasteiger partial charge in [0.2, 0.25) is 0 Å². The number of hydrogen-bond acceptors (Lipinski definition) is 6. The molecule has 2 aliphatic rings. The Morgan fingerprint density at radius 1 is 1.26 bits per heavy atom. The molecule has 1 fully saturated rings. The fraction of sp³-hybridized carbons (Fsp3) is 0.542. The number of pyridine rings is 1. The molecule has 7 nitrogen and oxygen atoms in total. The maximum atomic E-state index is 12.8. The van der Waals surface area contributed by atoms with E-state index in [-0.39, 0.29) is 11.9 Å². The fourth-order valence-corrected chi connectivity index (χ4v) is 5.86. The highest BCUT2D eigenvalue weighted by molar-refractivity contribution is 7.13. The number of amides is 1. The quantitative estimate of drug-likeness (QED) is 0.514. The average molecular weight is 490 g/mol. The van der Waals surface area contributed by atoms with Crippen LogP contribution in [-0.4, -0.2) is 57.6 Å². The Morgan fingerprint density at radius 2 is 2.12 bits per heavy atom. The van der Waals surface area contributed by atoms with E-state index in [0.29, 0.717) is 16.7 Å². The molecule has 0 unspecified atom stereocenters. The lowest BCUT2D eigenvalue weighted by Gasteiger charge is -2.31. The molecular weight excluding hydrogens is 460 g/mol. The van der Waals surface area contributed by atoms with Crippen LogP contribution in [0.5, 0.6) is 5.19 Å². The van der Waals surface area contributed by atoms with Crippen molar-refractivity contribution in [2.75, 3.05) is 19.7 Å². The first kappa shape index (κ1) is 23.2. The predicted octanol–water partition coefficient (Wildman–Crippen LogP) is 4.17. The van der Waals surface area contributed by atoms with Gasteiger partial charge in [0.15, 0.2) is 6.61 Å². The molecule has 182 valence electrons. The molecule has 3 aromatic heterocycles. The molecule has 0 bridgehead atoms. The van der Waals surface area contributed by atoms with Crippen LogP contribution in [0.1, 0.15) is 53.0 Å². The zero-order chi connectivity index (χ0) is 23.5. The summed E-state index contributed by atoms with van der Waals surface area (Å²) < 4.78 is 31.6. The summed E-state index contributed by atoms with van der Waals surface area (Å²) in [4.78, 5) is 20.7. The van der Waals surface area contributed by atoms with E-state index in [2.05, 4.69) is 20.3 Å². The van der Waals surface area contributed by atoms with Gasteiger partial charge in [0.25, 0.3) is 17.5 Å². The maximum Gasteiger partial charge on any atom is 0.273 e. The number of alkyl halides is 2. The highest BCUT2D eigenvalue weighted by Gasteiger charge is 2.26. The van der Waals surface area contributed by atoms with Gasteiger partial charge in [-0.25, -0.2) is 18.3 Å². The Bertz CT molecular complexity index is 1130. The van der Waals surface area contributed by atoms with Crippen LogP contribution >= 0.6 is 11.3 Å². The molecule has 0 radical (unpaired) electrons. The highest BCUT2D eigenvalue weighted by atomic mass is 32.1. The van der Waals surface area contributed by atoms with Crippen molar-refractivity contribution >= 4 is 22.8 Å². The predicted molar refractivity (Wildman–Crippen MR) is 126 cm³/mol. The van der Waals surface area contributed by atoms with Crippen molar-refractivity contribution in [1.82, 2.24) is 24.8 Å². The molecule has 1 saturated carbocycles. The monoisotopic (exact) mass is 489 g/mol. The molecule has 1 aliphatic carbocycles. The van der Waals surface area contributed by atoms with E-state index in [0.717, 1.165) is 74.2 Å². The summed E-state index contributed by atoms with van der Waals surface area (Å²) in [5, 5.41) is 7.81. The van der Waals surface area contributed by atoms with E-state index >= 15 is 0 Å². The SMILES string of the molecule is O=C(N[C@H]1CC[C@H](CCN2CCc3sc(OCC(F)F)nc3C2)CC1)c1cnn2ccccc12. The fourth-order valence-electron chi connectivity index (χ4n) is 4.95. The highest BCUT2D eigenvalue weighted by Crippen LogP contribution is 2.31. The van der Waals surface area contributed by atoms with Crippen molar-refractivity contribution in [2.45, 2.75) is 57.5 Å². The molecule has 1 aliphatic heterocycles. The smallest absolute Gasteiger partial charge is 0.273 e. The van der Waals surface area contributed by atoms with Gasteiger partial charge in [-0.1, -0.05) is 17.4 Å². The topological polar surface area (TPSA) is 71.8 Å². The third-order valence-corrected chi connectivity index (χ3v) is 7.90. The van der Waals surface area contributed by atoms with E-state index in [1.165, 1.54) is 11.3 Å². The Labute approximate surface area is 201 Å². The van der Waals surface area contributed by atoms with Crippen molar-refractivity contribution in [1.29, 1.82) is 0 Å². The van der Waals surface area contributed by atoms with E-state index < -0.39 is 13.0 Å². The zero-order valence-corrected chi connectivity index (χ0v) is 19.8. The molecule has 4 heterocycles. The maximum absolute atomic E-state index is 12.8. The lowest BCUT2D eigenvalue weighted by atomic mass is 9.84. The van der Waals surface area contributed by atoms with Crippen LogP contribution in [0, 0.1) is 5.92 Å². The summed E-state index contributed by atoms with van der Waals surface area (Å²) >= 11 is 1.40. The van der Waals surface area contributed by atoms with Crippen LogP contribution in [0.2, 0.25) is 0 Å². The van der Waals surface area contributed by atoms with Gasteiger partial charge in [-0.15, -0.1) is 0 Å². The van der Waals surface area contributed by atoms with Gasteiger partial charge in [0.1, 0.15) is 0 Å². The van der Waals surface area contributed by atoms with Gasteiger partial charge >= 0.3 is 0 Å². The van der Waals surface area contributed by atoms with Crippen LogP contribution in [0.15, 0.2) is 30.6 Å². The Morgan fingerprint density at radius 3 is 2.94 bits per heavy atom. The number of hydrogen-bond donors (Lipinski definition) is 1. The molecule has 0 spiro atoms. The number of carbonyl (C=O) groups is 1. The summed E-state index contributed by atoms with van der Waals surface area (Å²) in [5.74, 6) is 0.612. The minimum atomic E-state index is -2.48. The molecule has 34 heavy (non-hydrogen) atoms. The number of halogens is 2. The summed E-state index contributed by atoms with van der Waals surface area (Å²) in [6.45, 7) is 2.14. The number of fused-ring (bicyclic) bond motifs is 2. The van der Waals surface area contributed by atoms with Crippen LogP contribution in [-0.2, 0) is 13.0 Å². The van der Waals surface area contributed by atoms with Crippen LogP contribution < -0.4 is 10.1 Å².